The second-order valence-corrected chi connectivity index (χ2v) is 4.67. The van der Waals surface area contributed by atoms with Crippen LogP contribution in [0.25, 0.3) is 0 Å². The minimum atomic E-state index is 0.234. The fourth-order valence-electron chi connectivity index (χ4n) is 1.26. The molecule has 2 aromatic heterocycles. The molecule has 2 heterocycles. The normalized spacial score (nSPS) is 9.83. The summed E-state index contributed by atoms with van der Waals surface area (Å²) in [5.74, 6) is 0.572. The van der Waals surface area contributed by atoms with Crippen molar-refractivity contribution >= 4 is 28.1 Å². The molecule has 1 N–H and O–H groups in total. The second-order valence-electron chi connectivity index (χ2n) is 3.31. The van der Waals surface area contributed by atoms with E-state index in [-0.39, 0.29) is 5.15 Å². The number of nitrogens with zero attached hydrogens (tertiary/aromatic N) is 3. The van der Waals surface area contributed by atoms with Crippen molar-refractivity contribution in [2.75, 3.05) is 12.4 Å². The zero-order valence-corrected chi connectivity index (χ0v) is 11.0. The summed E-state index contributed by atoms with van der Waals surface area (Å²) < 4.78 is 4.97. The number of nitrogens with one attached hydrogen (secondary N) is 1. The molecule has 92 valence electrons. The van der Waals surface area contributed by atoms with Crippen molar-refractivity contribution in [2.24, 2.45) is 0 Å². The van der Waals surface area contributed by atoms with Crippen LogP contribution in [-0.4, -0.2) is 17.1 Å². The lowest BCUT2D eigenvalue weighted by Crippen LogP contribution is -1.99. The van der Waals surface area contributed by atoms with E-state index in [9.17, 15) is 0 Å². The average Bonchev–Trinajstić information content (AvgIpc) is 2.77. The quantitative estimate of drug-likeness (QED) is 0.932. The van der Waals surface area contributed by atoms with E-state index in [1.807, 2.05) is 12.1 Å². The molecule has 2 aromatic rings. The first-order valence-corrected chi connectivity index (χ1v) is 6.21. The van der Waals surface area contributed by atoms with Crippen molar-refractivity contribution in [1.82, 2.24) is 9.97 Å². The van der Waals surface area contributed by atoms with E-state index < -0.39 is 0 Å². The lowest BCUT2D eigenvalue weighted by molar-refractivity contribution is 0.397. The third kappa shape index (κ3) is 2.88. The van der Waals surface area contributed by atoms with Gasteiger partial charge in [-0.15, -0.1) is 0 Å². The Balaban J connectivity index is 2.00. The van der Waals surface area contributed by atoms with Crippen molar-refractivity contribution in [2.45, 2.75) is 6.54 Å². The molecular formula is C11H9ClN4OS. The van der Waals surface area contributed by atoms with Gasteiger partial charge in [0.1, 0.15) is 10.9 Å². The van der Waals surface area contributed by atoms with Crippen molar-refractivity contribution in [3.05, 3.63) is 33.9 Å². The summed E-state index contributed by atoms with van der Waals surface area (Å²) in [5, 5.41) is 12.7. The maximum Gasteiger partial charge on any atom is 0.212 e. The van der Waals surface area contributed by atoms with Crippen molar-refractivity contribution in [3.63, 3.8) is 0 Å². The second kappa shape index (κ2) is 5.67. The average molecular weight is 281 g/mol. The van der Waals surface area contributed by atoms with Crippen LogP contribution >= 0.6 is 22.9 Å². The van der Waals surface area contributed by atoms with Gasteiger partial charge in [-0.05, 0) is 5.56 Å². The van der Waals surface area contributed by atoms with Gasteiger partial charge in [0.2, 0.25) is 5.88 Å². The van der Waals surface area contributed by atoms with Crippen molar-refractivity contribution < 1.29 is 4.74 Å². The third-order valence-electron chi connectivity index (χ3n) is 2.14. The summed E-state index contributed by atoms with van der Waals surface area (Å²) in [5.41, 5.74) is 0.987. The molecule has 7 heteroatoms. The summed E-state index contributed by atoms with van der Waals surface area (Å²) in [6.07, 6.45) is 1.71. The predicted molar refractivity (Wildman–Crippen MR) is 70.0 cm³/mol. The van der Waals surface area contributed by atoms with Crippen LogP contribution in [0, 0.1) is 11.3 Å². The number of aromatic nitrogens is 2. The Bertz CT molecular complexity index is 576. The van der Waals surface area contributed by atoms with Gasteiger partial charge in [-0.1, -0.05) is 29.0 Å². The highest BCUT2D eigenvalue weighted by Crippen LogP contribution is 2.26. The Morgan fingerprint density at radius 2 is 2.39 bits per heavy atom. The molecule has 0 unspecified atom stereocenters. The molecule has 0 aliphatic carbocycles. The molecule has 0 saturated heterocycles. The van der Waals surface area contributed by atoms with E-state index in [0.29, 0.717) is 22.4 Å². The van der Waals surface area contributed by atoms with E-state index in [0.717, 1.165) is 5.56 Å². The summed E-state index contributed by atoms with van der Waals surface area (Å²) in [6, 6.07) is 5.67. The third-order valence-corrected chi connectivity index (χ3v) is 3.44. The lowest BCUT2D eigenvalue weighted by atomic mass is 10.3. The monoisotopic (exact) mass is 280 g/mol. The number of methoxy groups -OCH3 is 1. The lowest BCUT2D eigenvalue weighted by Gasteiger charge is -2.03. The van der Waals surface area contributed by atoms with E-state index in [1.54, 1.807) is 19.4 Å². The van der Waals surface area contributed by atoms with Gasteiger partial charge in [-0.25, -0.2) is 9.97 Å². The molecule has 5 nitrogen and oxygen atoms in total. The van der Waals surface area contributed by atoms with Crippen molar-refractivity contribution in [3.8, 4) is 11.9 Å². The summed E-state index contributed by atoms with van der Waals surface area (Å²) >= 11 is 7.00. The van der Waals surface area contributed by atoms with Crippen LogP contribution in [0.1, 0.15) is 10.4 Å². The minimum Gasteiger partial charge on any atom is -0.481 e. The number of thiazole rings is 1. The number of hydrogen-bond acceptors (Lipinski definition) is 6. The first kappa shape index (κ1) is 12.6. The SMILES string of the molecule is COc1ccc(CNc2nc(Cl)c(C#N)s2)cn1. The number of anilines is 1. The molecule has 0 fully saturated rings. The first-order chi connectivity index (χ1) is 8.72. The Morgan fingerprint density at radius 1 is 1.56 bits per heavy atom. The molecule has 0 aliphatic heterocycles. The minimum absolute atomic E-state index is 0.234. The van der Waals surface area contributed by atoms with Crippen LogP contribution in [0.5, 0.6) is 5.88 Å². The molecule has 0 atom stereocenters. The molecular weight excluding hydrogens is 272 g/mol. The van der Waals surface area contributed by atoms with Gasteiger partial charge in [0.25, 0.3) is 0 Å². The predicted octanol–water partition coefficient (Wildman–Crippen LogP) is 2.68. The highest BCUT2D eigenvalue weighted by Gasteiger charge is 2.08. The van der Waals surface area contributed by atoms with Gasteiger partial charge < -0.3 is 10.1 Å². The largest absolute Gasteiger partial charge is 0.481 e. The summed E-state index contributed by atoms with van der Waals surface area (Å²) in [4.78, 5) is 8.54. The number of halogens is 1. The van der Waals surface area contributed by atoms with Crippen LogP contribution in [0.2, 0.25) is 5.15 Å². The molecule has 0 aromatic carbocycles. The molecule has 0 radical (unpaired) electrons. The molecule has 0 saturated carbocycles. The zero-order chi connectivity index (χ0) is 13.0. The maximum atomic E-state index is 8.76. The number of pyridine rings is 1. The van der Waals surface area contributed by atoms with Gasteiger partial charge in [0.05, 0.1) is 7.11 Å². The topological polar surface area (TPSA) is 70.8 Å². The van der Waals surface area contributed by atoms with Gasteiger partial charge in [0.15, 0.2) is 10.3 Å². The summed E-state index contributed by atoms with van der Waals surface area (Å²) in [7, 11) is 1.57. The Kier molecular flexibility index (Phi) is 3.97. The maximum absolute atomic E-state index is 8.76. The zero-order valence-electron chi connectivity index (χ0n) is 9.48. The van der Waals surface area contributed by atoms with Gasteiger partial charge in [0, 0.05) is 18.8 Å². The molecule has 0 bridgehead atoms. The van der Waals surface area contributed by atoms with Gasteiger partial charge >= 0.3 is 0 Å². The van der Waals surface area contributed by atoms with Crippen LogP contribution < -0.4 is 10.1 Å². The molecule has 2 rings (SSSR count). The smallest absolute Gasteiger partial charge is 0.212 e. The summed E-state index contributed by atoms with van der Waals surface area (Å²) in [6.45, 7) is 0.561. The van der Waals surface area contributed by atoms with Gasteiger partial charge in [-0.2, -0.15) is 5.26 Å². The van der Waals surface area contributed by atoms with E-state index in [2.05, 4.69) is 15.3 Å². The highest BCUT2D eigenvalue weighted by molar-refractivity contribution is 7.16. The molecule has 0 aliphatic rings. The number of nitriles is 1. The van der Waals surface area contributed by atoms with E-state index in [1.165, 1.54) is 11.3 Å². The highest BCUT2D eigenvalue weighted by atomic mass is 35.5. The van der Waals surface area contributed by atoms with Crippen LogP contribution in [0.4, 0.5) is 5.13 Å². The van der Waals surface area contributed by atoms with E-state index >= 15 is 0 Å². The van der Waals surface area contributed by atoms with Crippen molar-refractivity contribution in [1.29, 1.82) is 5.26 Å². The fraction of sp³-hybridized carbons (Fsp3) is 0.182. The number of ether oxygens (including phenoxy) is 1. The Morgan fingerprint density at radius 3 is 2.94 bits per heavy atom. The Hall–Kier alpha value is -1.84. The fourth-order valence-corrected chi connectivity index (χ4v) is 2.20. The van der Waals surface area contributed by atoms with Gasteiger partial charge in [-0.3, -0.25) is 0 Å². The van der Waals surface area contributed by atoms with Crippen LogP contribution in [0.3, 0.4) is 0 Å². The van der Waals surface area contributed by atoms with E-state index in [4.69, 9.17) is 21.6 Å². The molecule has 0 spiro atoms. The molecule has 0 amide bonds. The molecule has 18 heavy (non-hydrogen) atoms. The number of hydrogen-bond donors (Lipinski definition) is 1. The van der Waals surface area contributed by atoms with Crippen LogP contribution in [0.15, 0.2) is 18.3 Å². The number of rotatable bonds is 4. The van der Waals surface area contributed by atoms with Crippen LogP contribution in [-0.2, 0) is 6.54 Å². The standard InChI is InChI=1S/C11H9ClN4OS/c1-17-9-3-2-7(5-14-9)6-15-11-16-10(12)8(4-13)18-11/h2-3,5H,6H2,1H3,(H,15,16). The Labute approximate surface area is 113 Å². The first-order valence-electron chi connectivity index (χ1n) is 5.02.